The lowest BCUT2D eigenvalue weighted by Gasteiger charge is -2.58. The number of halogens is 2. The van der Waals surface area contributed by atoms with Crippen molar-refractivity contribution >= 4 is 23.3 Å². The number of rotatable bonds is 3. The first kappa shape index (κ1) is 21.1. The molecule has 2 saturated heterocycles. The van der Waals surface area contributed by atoms with E-state index in [1.54, 1.807) is 11.1 Å². The van der Waals surface area contributed by atoms with Crippen molar-refractivity contribution in [3.05, 3.63) is 90.3 Å². The Kier molecular flexibility index (Phi) is 5.28. The molecule has 6 nitrogen and oxygen atoms in total. The lowest BCUT2D eigenvalue weighted by molar-refractivity contribution is -0.144. The number of piperidine rings is 1. The van der Waals surface area contributed by atoms with Crippen LogP contribution >= 0.6 is 0 Å². The Bertz CT molecular complexity index is 1160. The molecule has 168 valence electrons. The number of aromatic nitrogens is 1. The van der Waals surface area contributed by atoms with E-state index in [0.29, 0.717) is 25.9 Å². The zero-order valence-corrected chi connectivity index (χ0v) is 17.7. The van der Waals surface area contributed by atoms with E-state index in [4.69, 9.17) is 0 Å². The maximum absolute atomic E-state index is 13.9. The quantitative estimate of drug-likeness (QED) is 0.588. The first-order valence-electron chi connectivity index (χ1n) is 10.8. The summed E-state index contributed by atoms with van der Waals surface area (Å²) in [6.45, 7) is 0.583. The maximum Gasteiger partial charge on any atom is 0.322 e. The number of carbonyl (C=O) groups is 2. The number of benzene rings is 2. The van der Waals surface area contributed by atoms with Crippen molar-refractivity contribution in [1.29, 1.82) is 0 Å². The van der Waals surface area contributed by atoms with Gasteiger partial charge in [0, 0.05) is 25.0 Å². The van der Waals surface area contributed by atoms with E-state index in [2.05, 4.69) is 10.3 Å². The zero-order valence-electron chi connectivity index (χ0n) is 17.7. The summed E-state index contributed by atoms with van der Waals surface area (Å²) in [4.78, 5) is 33.9. The summed E-state index contributed by atoms with van der Waals surface area (Å²) in [6.07, 6.45) is 2.58. The molecule has 1 unspecified atom stereocenters. The molecule has 2 aliphatic heterocycles. The Morgan fingerprint density at radius 1 is 0.939 bits per heavy atom. The minimum Gasteiger partial charge on any atom is -0.324 e. The summed E-state index contributed by atoms with van der Waals surface area (Å²) in [5, 5.41) is 2.33. The van der Waals surface area contributed by atoms with Gasteiger partial charge in [-0.15, -0.1) is 0 Å². The number of pyridine rings is 1. The molecule has 1 aromatic heterocycles. The van der Waals surface area contributed by atoms with Gasteiger partial charge in [0.05, 0.1) is 17.2 Å². The predicted octanol–water partition coefficient (Wildman–Crippen LogP) is 4.76. The van der Waals surface area contributed by atoms with E-state index < -0.39 is 28.8 Å². The molecule has 0 aliphatic carbocycles. The highest BCUT2D eigenvalue weighted by molar-refractivity contribution is 6.06. The van der Waals surface area contributed by atoms with E-state index in [-0.39, 0.29) is 11.9 Å². The molecular weight excluding hydrogens is 426 g/mol. The molecule has 0 radical (unpaired) electrons. The minimum atomic E-state index is -0.834. The predicted molar refractivity (Wildman–Crippen MR) is 120 cm³/mol. The molecule has 1 spiro atoms. The number of amides is 3. The van der Waals surface area contributed by atoms with Gasteiger partial charge in [-0.25, -0.2) is 13.6 Å². The van der Waals surface area contributed by atoms with Gasteiger partial charge in [0.1, 0.15) is 17.3 Å². The smallest absolute Gasteiger partial charge is 0.322 e. The molecule has 3 aromatic rings. The van der Waals surface area contributed by atoms with Crippen LogP contribution in [0.4, 0.5) is 25.0 Å². The second kappa shape index (κ2) is 8.27. The highest BCUT2D eigenvalue weighted by Gasteiger charge is 2.62. The summed E-state index contributed by atoms with van der Waals surface area (Å²) in [5.74, 6) is -1.66. The fraction of sp³-hybridized carbons (Fsp3) is 0.240. The molecule has 0 saturated carbocycles. The average Bonchev–Trinajstić information content (AvgIpc) is 2.85. The van der Waals surface area contributed by atoms with Gasteiger partial charge in [-0.1, -0.05) is 30.3 Å². The van der Waals surface area contributed by atoms with Crippen LogP contribution < -0.4 is 10.2 Å². The number of nitrogens with one attached hydrogen (secondary N) is 1. The molecule has 0 bridgehead atoms. The number of β-lactam (4-membered cyclic amide) rings is 1. The van der Waals surface area contributed by atoms with Crippen LogP contribution in [0.2, 0.25) is 0 Å². The van der Waals surface area contributed by atoms with E-state index >= 15 is 0 Å². The number of hydrogen-bond donors (Lipinski definition) is 1. The number of carbonyl (C=O) groups excluding carboxylic acids is 2. The molecule has 1 atom stereocenters. The summed E-state index contributed by atoms with van der Waals surface area (Å²) < 4.78 is 27.9. The van der Waals surface area contributed by atoms with Gasteiger partial charge in [0.25, 0.3) is 0 Å². The summed E-state index contributed by atoms with van der Waals surface area (Å²) in [5.41, 5.74) is 0.458. The first-order valence-corrected chi connectivity index (χ1v) is 10.8. The molecular formula is C25H22F2N4O2. The van der Waals surface area contributed by atoms with Gasteiger partial charge in [0.2, 0.25) is 5.91 Å². The Morgan fingerprint density at radius 3 is 2.24 bits per heavy atom. The number of nitrogens with zero attached hydrogens (tertiary/aromatic N) is 3. The van der Waals surface area contributed by atoms with E-state index in [9.17, 15) is 18.4 Å². The molecule has 1 N–H and O–H groups in total. The lowest BCUT2D eigenvalue weighted by atomic mass is 9.63. The van der Waals surface area contributed by atoms with Crippen molar-refractivity contribution in [2.45, 2.75) is 18.9 Å². The van der Waals surface area contributed by atoms with Crippen LogP contribution in [0.25, 0.3) is 0 Å². The second-order valence-corrected chi connectivity index (χ2v) is 8.34. The number of anilines is 2. The first-order chi connectivity index (χ1) is 16.0. The Balaban J connectivity index is 1.36. The number of para-hydroxylation sites is 2. The van der Waals surface area contributed by atoms with Gasteiger partial charge >= 0.3 is 6.03 Å². The summed E-state index contributed by atoms with van der Waals surface area (Å²) in [7, 11) is 0. The molecule has 3 heterocycles. The highest BCUT2D eigenvalue weighted by atomic mass is 19.1. The fourth-order valence-electron chi connectivity index (χ4n) is 4.86. The lowest BCUT2D eigenvalue weighted by Crippen LogP contribution is -2.67. The molecule has 8 heteroatoms. The van der Waals surface area contributed by atoms with Crippen LogP contribution in [-0.4, -0.2) is 34.9 Å². The van der Waals surface area contributed by atoms with Crippen molar-refractivity contribution in [2.24, 2.45) is 5.41 Å². The van der Waals surface area contributed by atoms with E-state index in [0.717, 1.165) is 23.5 Å². The Labute approximate surface area is 189 Å². The second-order valence-electron chi connectivity index (χ2n) is 8.34. The highest BCUT2D eigenvalue weighted by Crippen LogP contribution is 2.57. The van der Waals surface area contributed by atoms with E-state index in [1.807, 2.05) is 48.5 Å². The van der Waals surface area contributed by atoms with Crippen LogP contribution in [0, 0.1) is 17.0 Å². The van der Waals surface area contributed by atoms with Crippen molar-refractivity contribution in [1.82, 2.24) is 9.88 Å². The third-order valence-electron chi connectivity index (χ3n) is 6.57. The molecule has 5 rings (SSSR count). The summed E-state index contributed by atoms with van der Waals surface area (Å²) >= 11 is 0. The molecule has 33 heavy (non-hydrogen) atoms. The molecule has 2 fully saturated rings. The third kappa shape index (κ3) is 3.51. The molecule has 2 aromatic carbocycles. The van der Waals surface area contributed by atoms with Gasteiger partial charge in [0.15, 0.2) is 0 Å². The number of urea groups is 1. The Morgan fingerprint density at radius 2 is 1.61 bits per heavy atom. The Hall–Kier alpha value is -3.81. The van der Waals surface area contributed by atoms with Crippen LogP contribution in [0.15, 0.2) is 72.9 Å². The fourth-order valence-corrected chi connectivity index (χ4v) is 4.86. The SMILES string of the molecule is O=C(Nc1c(F)cccc1F)N1CCC2(CC1)C(=O)N(c1ccccc1)C2c1ccccn1. The molecule has 2 aliphatic rings. The topological polar surface area (TPSA) is 65.5 Å². The minimum absolute atomic E-state index is 0.00422. The largest absolute Gasteiger partial charge is 0.324 e. The van der Waals surface area contributed by atoms with Crippen molar-refractivity contribution in [3.63, 3.8) is 0 Å². The van der Waals surface area contributed by atoms with Gasteiger partial charge in [-0.3, -0.25) is 9.78 Å². The van der Waals surface area contributed by atoms with E-state index in [1.165, 1.54) is 11.0 Å². The summed E-state index contributed by atoms with van der Waals surface area (Å²) in [6, 6.07) is 17.7. The maximum atomic E-state index is 13.9. The number of hydrogen-bond acceptors (Lipinski definition) is 3. The van der Waals surface area contributed by atoms with Gasteiger partial charge < -0.3 is 15.1 Å². The third-order valence-corrected chi connectivity index (χ3v) is 6.57. The normalized spacial score (nSPS) is 19.3. The van der Waals surface area contributed by atoms with Gasteiger partial charge in [-0.05, 0) is 49.2 Å². The monoisotopic (exact) mass is 448 g/mol. The molecule has 3 amide bonds. The van der Waals surface area contributed by atoms with Crippen molar-refractivity contribution in [2.75, 3.05) is 23.3 Å². The average molecular weight is 448 g/mol. The van der Waals surface area contributed by atoms with Crippen LogP contribution in [0.3, 0.4) is 0 Å². The van der Waals surface area contributed by atoms with Crippen molar-refractivity contribution in [3.8, 4) is 0 Å². The van der Waals surface area contributed by atoms with Crippen LogP contribution in [0.1, 0.15) is 24.6 Å². The van der Waals surface area contributed by atoms with Gasteiger partial charge in [-0.2, -0.15) is 0 Å². The van der Waals surface area contributed by atoms with Crippen molar-refractivity contribution < 1.29 is 18.4 Å². The van der Waals surface area contributed by atoms with Crippen LogP contribution in [0.5, 0.6) is 0 Å². The standard InChI is InChI=1S/C25H22F2N4O2/c26-18-9-6-10-19(27)21(18)29-24(33)30-15-12-25(13-16-30)22(20-11-4-5-14-28-20)31(23(25)32)17-7-2-1-3-8-17/h1-11,14,22H,12-13,15-16H2,(H,29,33). The number of likely N-dealkylation sites (tertiary alicyclic amines) is 1. The zero-order chi connectivity index (χ0) is 23.0. The van der Waals surface area contributed by atoms with Crippen LogP contribution in [-0.2, 0) is 4.79 Å².